The summed E-state index contributed by atoms with van der Waals surface area (Å²) in [5.74, 6) is -5.18. The van der Waals surface area contributed by atoms with E-state index in [1.54, 1.807) is 17.6 Å². The molecule has 2 amide bonds. The molecule has 5 aliphatic rings. The number of likely N-dealkylation sites (tertiary alicyclic amines) is 2. The maximum atomic E-state index is 14.1. The molecule has 3 saturated heterocycles. The summed E-state index contributed by atoms with van der Waals surface area (Å²) < 4.78 is 19.4. The SMILES string of the molecule is CCCC(=O)c1nnc(-c2cc(C(C)C)c(O)cc2O)n1-c1ccc(CN2CCC(C(=O)N3CCC(C(=O)NC4CC(OC5C[C@](O)(C(=O)CO)Cc6c(O)c7c(c(O)c65)C(=O)c5c(OC)cccc5C7=O)OC(C)C4O)CC3)CC2)cc1. The number of aromatic nitrogens is 3. The third-order valence-corrected chi connectivity index (χ3v) is 17.2. The molecule has 0 spiro atoms. The average molecular weight is 1140 g/mol. The van der Waals surface area contributed by atoms with Crippen LogP contribution in [0, 0.1) is 11.8 Å². The lowest BCUT2D eigenvalue weighted by Crippen LogP contribution is -2.57. The average Bonchev–Trinajstić information content (AvgIpc) is 2.29. The number of ketones is 4. The fraction of sp³-hybridized carbons (Fsp3) is 0.475. The zero-order valence-electron chi connectivity index (χ0n) is 47.0. The minimum absolute atomic E-state index is 0.0390. The Kier molecular flexibility index (Phi) is 16.6. The lowest BCUT2D eigenvalue weighted by molar-refractivity contribution is -0.249. The predicted molar refractivity (Wildman–Crippen MR) is 296 cm³/mol. The van der Waals surface area contributed by atoms with Crippen LogP contribution in [0.25, 0.3) is 17.1 Å². The number of benzene rings is 4. The Labute approximate surface area is 478 Å². The first-order valence-electron chi connectivity index (χ1n) is 28.3. The zero-order chi connectivity index (χ0) is 59.3. The van der Waals surface area contributed by atoms with Gasteiger partial charge < -0.3 is 60.2 Å². The molecule has 4 heterocycles. The molecule has 8 N–H and O–H groups in total. The van der Waals surface area contributed by atoms with E-state index >= 15 is 0 Å². The first kappa shape index (κ1) is 58.6. The van der Waals surface area contributed by atoms with E-state index in [0.717, 1.165) is 5.56 Å². The van der Waals surface area contributed by atoms with Gasteiger partial charge in [-0.25, -0.2) is 0 Å². The highest BCUT2D eigenvalue weighted by molar-refractivity contribution is 6.31. The van der Waals surface area contributed by atoms with Gasteiger partial charge in [0.05, 0.1) is 47.6 Å². The molecule has 5 aromatic rings. The summed E-state index contributed by atoms with van der Waals surface area (Å²) in [5.41, 5.74) is -1.53. The van der Waals surface area contributed by atoms with Gasteiger partial charge in [-0.05, 0) is 93.4 Å². The van der Waals surface area contributed by atoms with Crippen molar-refractivity contribution >= 4 is 34.9 Å². The summed E-state index contributed by atoms with van der Waals surface area (Å²) in [6, 6.07) is 14.0. The lowest BCUT2D eigenvalue weighted by Gasteiger charge is -2.43. The van der Waals surface area contributed by atoms with Crippen LogP contribution in [-0.4, -0.2) is 165 Å². The second kappa shape index (κ2) is 23.6. The number of hydrogen-bond donors (Lipinski definition) is 8. The molecule has 5 unspecified atom stereocenters. The summed E-state index contributed by atoms with van der Waals surface area (Å²) in [5, 5.41) is 89.7. The highest BCUT2D eigenvalue weighted by Crippen LogP contribution is 2.53. The molecular formula is C61H70N6O16. The van der Waals surface area contributed by atoms with Crippen molar-refractivity contribution in [3.05, 3.63) is 105 Å². The Morgan fingerprint density at radius 1 is 0.855 bits per heavy atom. The van der Waals surface area contributed by atoms with E-state index in [2.05, 4.69) is 20.4 Å². The highest BCUT2D eigenvalue weighted by Gasteiger charge is 2.51. The van der Waals surface area contributed by atoms with Gasteiger partial charge in [0.2, 0.25) is 29.2 Å². The quantitative estimate of drug-likeness (QED) is 0.0463. The van der Waals surface area contributed by atoms with Crippen LogP contribution in [0.5, 0.6) is 28.7 Å². The van der Waals surface area contributed by atoms with Crippen LogP contribution in [0.2, 0.25) is 0 Å². The van der Waals surface area contributed by atoms with Gasteiger partial charge in [0.1, 0.15) is 47.1 Å². The van der Waals surface area contributed by atoms with E-state index in [1.807, 2.05) is 49.9 Å². The predicted octanol–water partition coefficient (Wildman–Crippen LogP) is 5.07. The standard InChI is InChI=1S/C61H70N6O16/c1-6-8-41(69)58-64-63-57(38-23-37(30(2)3)42(70)25-43(38)71)67(58)35-13-11-32(12-14-35)28-65-19-15-34(16-20-65)60(79)66-21-17-33(18-22-66)59(78)62-40-24-47(82-31(4)52(40)73)83-45-27-61(80,46(72)29-68)26-39-49(45)56(77)51-50(54(39)75)53(74)36-9-7-10-44(81-5)48(36)55(51)76/h7,9-14,23,25,30-31,33-34,40,45,47,52,68,70-71,73,75,77,80H,6,8,15-22,24,26-29H2,1-5H3,(H,62,78)/t31?,40?,45?,47?,52?,61-/m0/s1. The van der Waals surface area contributed by atoms with Gasteiger partial charge in [-0.15, -0.1) is 10.2 Å². The van der Waals surface area contributed by atoms with Crippen molar-refractivity contribution in [2.45, 2.75) is 134 Å². The number of Topliss-reactive ketones (excluding diaryl/α,β-unsaturated/α-hetero) is 2. The summed E-state index contributed by atoms with van der Waals surface area (Å²) in [4.78, 5) is 86.5. The summed E-state index contributed by atoms with van der Waals surface area (Å²) in [6.07, 6.45) is -3.38. The van der Waals surface area contributed by atoms with Gasteiger partial charge in [0.25, 0.3) is 0 Å². The van der Waals surface area contributed by atoms with Crippen molar-refractivity contribution in [3.8, 4) is 45.8 Å². The number of aromatic hydroxyl groups is 4. The fourth-order valence-corrected chi connectivity index (χ4v) is 12.6. The van der Waals surface area contributed by atoms with Crippen LogP contribution >= 0.6 is 0 Å². The minimum Gasteiger partial charge on any atom is -0.508 e. The fourth-order valence-electron chi connectivity index (χ4n) is 12.6. The van der Waals surface area contributed by atoms with E-state index in [0.29, 0.717) is 81.6 Å². The summed E-state index contributed by atoms with van der Waals surface area (Å²) >= 11 is 0. The number of nitrogens with zero attached hydrogens (tertiary/aromatic N) is 5. The van der Waals surface area contributed by atoms with E-state index in [9.17, 15) is 64.5 Å². The Bertz CT molecular complexity index is 3380. The molecule has 440 valence electrons. The van der Waals surface area contributed by atoms with Gasteiger partial charge in [0.15, 0.2) is 23.7 Å². The minimum atomic E-state index is -2.37. The number of carbonyl (C=O) groups is 6. The first-order chi connectivity index (χ1) is 39.7. The molecule has 3 fully saturated rings. The smallest absolute Gasteiger partial charge is 0.225 e. The van der Waals surface area contributed by atoms with Crippen LogP contribution in [-0.2, 0) is 36.8 Å². The van der Waals surface area contributed by atoms with Crippen molar-refractivity contribution < 1.29 is 78.7 Å². The van der Waals surface area contributed by atoms with E-state index in [4.69, 9.17) is 14.2 Å². The number of carbonyl (C=O) groups excluding carboxylic acids is 6. The van der Waals surface area contributed by atoms with Gasteiger partial charge in [0, 0.05) is 85.6 Å². The number of aliphatic hydroxyl groups is 3. The Hall–Kier alpha value is -7.60. The van der Waals surface area contributed by atoms with Crippen LogP contribution in [0.15, 0.2) is 54.6 Å². The molecule has 22 nitrogen and oxygen atoms in total. The number of fused-ring (bicyclic) bond motifs is 3. The van der Waals surface area contributed by atoms with Crippen LogP contribution in [0.4, 0.5) is 0 Å². The lowest BCUT2D eigenvalue weighted by atomic mass is 9.72. The van der Waals surface area contributed by atoms with E-state index in [1.165, 1.54) is 31.4 Å². The Balaban J connectivity index is 0.751. The number of phenols is 4. The molecular weight excluding hydrogens is 1070 g/mol. The molecule has 10 rings (SSSR count). The molecule has 1 aromatic heterocycles. The number of methoxy groups -OCH3 is 1. The first-order valence-corrected chi connectivity index (χ1v) is 28.3. The number of hydrogen-bond acceptors (Lipinski definition) is 19. The van der Waals surface area contributed by atoms with Crippen LogP contribution in [0.1, 0.15) is 156 Å². The molecule has 0 radical (unpaired) electrons. The topological polar surface area (TPSA) is 321 Å². The van der Waals surface area contributed by atoms with Crippen molar-refractivity contribution in [1.29, 1.82) is 0 Å². The molecule has 22 heteroatoms. The van der Waals surface area contributed by atoms with Gasteiger partial charge in [-0.1, -0.05) is 45.0 Å². The number of phenolic OH excluding ortho intramolecular Hbond substituents is 4. The number of ether oxygens (including phenoxy) is 3. The normalized spacial score (nSPS) is 23.1. The third kappa shape index (κ3) is 11.0. The van der Waals surface area contributed by atoms with Crippen molar-refractivity contribution in [2.75, 3.05) is 39.9 Å². The molecule has 6 atom stereocenters. The van der Waals surface area contributed by atoms with Crippen LogP contribution in [0.3, 0.4) is 0 Å². The van der Waals surface area contributed by atoms with Crippen molar-refractivity contribution in [1.82, 2.24) is 29.9 Å². The number of rotatable bonds is 16. The monoisotopic (exact) mass is 1140 g/mol. The Morgan fingerprint density at radius 3 is 2.20 bits per heavy atom. The number of piperidine rings is 2. The van der Waals surface area contributed by atoms with Crippen molar-refractivity contribution in [2.24, 2.45) is 11.8 Å². The highest BCUT2D eigenvalue weighted by atomic mass is 16.7. The Morgan fingerprint density at radius 2 is 1.54 bits per heavy atom. The number of amides is 2. The van der Waals surface area contributed by atoms with Gasteiger partial charge >= 0.3 is 0 Å². The van der Waals surface area contributed by atoms with Crippen molar-refractivity contribution in [3.63, 3.8) is 0 Å². The number of aliphatic hydroxyl groups excluding tert-OH is 2. The largest absolute Gasteiger partial charge is 0.508 e. The number of nitrogens with one attached hydrogen (secondary N) is 1. The second-order valence-electron chi connectivity index (χ2n) is 22.9. The zero-order valence-corrected chi connectivity index (χ0v) is 47.0. The van der Waals surface area contributed by atoms with Gasteiger partial charge in [-0.3, -0.25) is 38.2 Å². The van der Waals surface area contributed by atoms with E-state index in [-0.39, 0.29) is 93.4 Å². The summed E-state index contributed by atoms with van der Waals surface area (Å²) in [7, 11) is 1.31. The summed E-state index contributed by atoms with van der Waals surface area (Å²) in [6.45, 7) is 8.92. The molecule has 3 aliphatic heterocycles. The molecule has 4 aromatic carbocycles. The molecule has 2 aliphatic carbocycles. The van der Waals surface area contributed by atoms with E-state index < -0.39 is 102 Å². The second-order valence-corrected chi connectivity index (χ2v) is 22.9. The molecule has 0 bridgehead atoms. The maximum Gasteiger partial charge on any atom is 0.225 e. The van der Waals surface area contributed by atoms with Gasteiger partial charge in [-0.2, -0.15) is 0 Å². The maximum absolute atomic E-state index is 14.1. The third-order valence-electron chi connectivity index (χ3n) is 17.2. The van der Waals surface area contributed by atoms with Crippen LogP contribution < -0.4 is 10.1 Å². The molecule has 0 saturated carbocycles. The molecule has 83 heavy (non-hydrogen) atoms.